The summed E-state index contributed by atoms with van der Waals surface area (Å²) >= 11 is 5.99. The molecule has 1 aromatic rings. The van der Waals surface area contributed by atoms with E-state index < -0.39 is 5.82 Å². The molecule has 5 heteroatoms. The van der Waals surface area contributed by atoms with Gasteiger partial charge in [0.25, 0.3) is 0 Å². The van der Waals surface area contributed by atoms with Crippen molar-refractivity contribution in [3.05, 3.63) is 29.0 Å². The van der Waals surface area contributed by atoms with E-state index in [1.54, 1.807) is 0 Å². The number of rotatable bonds is 2. The highest BCUT2D eigenvalue weighted by atomic mass is 35.5. The van der Waals surface area contributed by atoms with Crippen molar-refractivity contribution in [2.45, 2.75) is 51.0 Å². The highest BCUT2D eigenvalue weighted by molar-refractivity contribution is 6.33. The molecule has 1 saturated carbocycles. The van der Waals surface area contributed by atoms with Gasteiger partial charge in [0.15, 0.2) is 0 Å². The van der Waals surface area contributed by atoms with E-state index in [0.717, 1.165) is 19.4 Å². The summed E-state index contributed by atoms with van der Waals surface area (Å²) in [5, 5.41) is 3.07. The van der Waals surface area contributed by atoms with Crippen LogP contribution in [0.3, 0.4) is 0 Å². The highest BCUT2D eigenvalue weighted by Gasteiger charge is 2.35. The Morgan fingerprint density at radius 2 is 1.95 bits per heavy atom. The van der Waals surface area contributed by atoms with Crippen molar-refractivity contribution < 1.29 is 9.18 Å². The van der Waals surface area contributed by atoms with E-state index in [4.69, 9.17) is 11.6 Å². The molecule has 22 heavy (non-hydrogen) atoms. The summed E-state index contributed by atoms with van der Waals surface area (Å²) in [6.45, 7) is 0.797. The lowest BCUT2D eigenvalue weighted by atomic mass is 9.83. The van der Waals surface area contributed by atoms with Crippen molar-refractivity contribution in [3.8, 4) is 0 Å². The van der Waals surface area contributed by atoms with Crippen LogP contribution >= 0.6 is 11.6 Å². The number of urea groups is 1. The summed E-state index contributed by atoms with van der Waals surface area (Å²) in [6.07, 6.45) is 8.49. The van der Waals surface area contributed by atoms with Crippen LogP contribution in [0.4, 0.5) is 14.9 Å². The van der Waals surface area contributed by atoms with Gasteiger partial charge in [0, 0.05) is 12.6 Å². The van der Waals surface area contributed by atoms with Gasteiger partial charge in [0.05, 0.1) is 10.7 Å². The normalized spacial score (nSPS) is 22.8. The van der Waals surface area contributed by atoms with Crippen LogP contribution in [0.5, 0.6) is 0 Å². The molecule has 0 aromatic heterocycles. The van der Waals surface area contributed by atoms with Crippen molar-refractivity contribution in [1.82, 2.24) is 4.90 Å². The molecule has 0 bridgehead atoms. The van der Waals surface area contributed by atoms with Crippen molar-refractivity contribution in [3.63, 3.8) is 0 Å². The molecule has 0 radical (unpaired) electrons. The van der Waals surface area contributed by atoms with E-state index >= 15 is 0 Å². The first-order chi connectivity index (χ1) is 10.6. The van der Waals surface area contributed by atoms with Gasteiger partial charge in [0.1, 0.15) is 5.82 Å². The third-order valence-electron chi connectivity index (χ3n) is 4.93. The van der Waals surface area contributed by atoms with Crippen LogP contribution in [-0.4, -0.2) is 23.5 Å². The molecule has 2 fully saturated rings. The first kappa shape index (κ1) is 15.6. The number of benzene rings is 1. The van der Waals surface area contributed by atoms with Crippen molar-refractivity contribution >= 4 is 23.3 Å². The van der Waals surface area contributed by atoms with Gasteiger partial charge in [-0.3, -0.25) is 0 Å². The standard InChI is InChI=1S/C17H22ClFN2O/c18-14-11-13(19)8-9-15(14)20-17(22)21-10-4-7-16(21)12-5-2-1-3-6-12/h8-9,11-12,16H,1-7,10H2,(H,20,22). The molecule has 3 rings (SSSR count). The molecule has 1 saturated heterocycles. The Morgan fingerprint density at radius 3 is 2.68 bits per heavy atom. The number of carbonyl (C=O) groups is 1. The lowest BCUT2D eigenvalue weighted by molar-refractivity contribution is 0.166. The smallest absolute Gasteiger partial charge is 0.321 e. The van der Waals surface area contributed by atoms with E-state index in [1.165, 1.54) is 50.3 Å². The number of nitrogens with one attached hydrogen (secondary N) is 1. The molecule has 2 aliphatic rings. The zero-order valence-electron chi connectivity index (χ0n) is 12.7. The second-order valence-electron chi connectivity index (χ2n) is 6.36. The van der Waals surface area contributed by atoms with Crippen molar-refractivity contribution in [1.29, 1.82) is 0 Å². The molecule has 2 amide bonds. The average Bonchev–Trinajstić information content (AvgIpc) is 3.00. The number of likely N-dealkylation sites (tertiary alicyclic amines) is 1. The minimum atomic E-state index is -0.399. The van der Waals surface area contributed by atoms with Gasteiger partial charge in [-0.05, 0) is 49.8 Å². The van der Waals surface area contributed by atoms with Gasteiger partial charge < -0.3 is 10.2 Å². The van der Waals surface area contributed by atoms with Crippen LogP contribution in [0.1, 0.15) is 44.9 Å². The average molecular weight is 325 g/mol. The second-order valence-corrected chi connectivity index (χ2v) is 6.76. The monoisotopic (exact) mass is 324 g/mol. The highest BCUT2D eigenvalue weighted by Crippen LogP contribution is 2.34. The fourth-order valence-electron chi connectivity index (χ4n) is 3.83. The minimum Gasteiger partial charge on any atom is -0.321 e. The third-order valence-corrected chi connectivity index (χ3v) is 5.24. The summed E-state index contributed by atoms with van der Waals surface area (Å²) in [6, 6.07) is 4.28. The minimum absolute atomic E-state index is 0.110. The van der Waals surface area contributed by atoms with Crippen molar-refractivity contribution in [2.24, 2.45) is 5.92 Å². The summed E-state index contributed by atoms with van der Waals surface area (Å²) in [7, 11) is 0. The number of amides is 2. The van der Waals surface area contributed by atoms with Crippen LogP contribution in [-0.2, 0) is 0 Å². The zero-order valence-corrected chi connectivity index (χ0v) is 13.4. The summed E-state index contributed by atoms with van der Waals surface area (Å²) < 4.78 is 13.1. The van der Waals surface area contributed by atoms with Gasteiger partial charge in [0.2, 0.25) is 0 Å². The lowest BCUT2D eigenvalue weighted by Gasteiger charge is -2.34. The van der Waals surface area contributed by atoms with E-state index in [-0.39, 0.29) is 11.1 Å². The SMILES string of the molecule is O=C(Nc1ccc(F)cc1Cl)N1CCCC1C1CCCCC1. The Bertz CT molecular complexity index is 545. The maximum atomic E-state index is 13.1. The van der Waals surface area contributed by atoms with E-state index in [0.29, 0.717) is 17.6 Å². The number of hydrogen-bond acceptors (Lipinski definition) is 1. The maximum absolute atomic E-state index is 13.1. The van der Waals surface area contributed by atoms with Gasteiger partial charge in [-0.15, -0.1) is 0 Å². The van der Waals surface area contributed by atoms with Gasteiger partial charge in [-0.2, -0.15) is 0 Å². The molecular weight excluding hydrogens is 303 g/mol. The first-order valence-electron chi connectivity index (χ1n) is 8.18. The lowest BCUT2D eigenvalue weighted by Crippen LogP contribution is -2.43. The fraction of sp³-hybridized carbons (Fsp3) is 0.588. The van der Waals surface area contributed by atoms with Gasteiger partial charge in [-0.25, -0.2) is 9.18 Å². The van der Waals surface area contributed by atoms with Crippen LogP contribution < -0.4 is 5.32 Å². The van der Waals surface area contributed by atoms with Crippen molar-refractivity contribution in [2.75, 3.05) is 11.9 Å². The van der Waals surface area contributed by atoms with Gasteiger partial charge in [-0.1, -0.05) is 30.9 Å². The quantitative estimate of drug-likeness (QED) is 0.810. The molecule has 1 unspecified atom stereocenters. The predicted octanol–water partition coefficient (Wildman–Crippen LogP) is 5.06. The Hall–Kier alpha value is -1.29. The molecule has 1 aliphatic carbocycles. The van der Waals surface area contributed by atoms with Crippen LogP contribution in [0.2, 0.25) is 5.02 Å². The largest absolute Gasteiger partial charge is 0.322 e. The number of hydrogen-bond donors (Lipinski definition) is 1. The number of halogens is 2. The molecule has 0 spiro atoms. The Morgan fingerprint density at radius 1 is 1.18 bits per heavy atom. The fourth-order valence-corrected chi connectivity index (χ4v) is 4.05. The topological polar surface area (TPSA) is 32.3 Å². The second kappa shape index (κ2) is 6.86. The Kier molecular flexibility index (Phi) is 4.87. The van der Waals surface area contributed by atoms with Crippen LogP contribution in [0.25, 0.3) is 0 Å². The molecular formula is C17H22ClFN2O. The molecule has 1 N–H and O–H groups in total. The number of anilines is 1. The molecule has 1 heterocycles. The van der Waals surface area contributed by atoms with E-state index in [1.807, 2.05) is 4.90 Å². The molecule has 1 atom stereocenters. The first-order valence-corrected chi connectivity index (χ1v) is 8.55. The van der Waals surface area contributed by atoms with E-state index in [2.05, 4.69) is 5.32 Å². The number of nitrogens with zero attached hydrogens (tertiary/aromatic N) is 1. The maximum Gasteiger partial charge on any atom is 0.322 e. The summed E-state index contributed by atoms with van der Waals surface area (Å²) in [4.78, 5) is 14.5. The Balaban J connectivity index is 1.67. The van der Waals surface area contributed by atoms with E-state index in [9.17, 15) is 9.18 Å². The molecule has 120 valence electrons. The predicted molar refractivity (Wildman–Crippen MR) is 86.7 cm³/mol. The zero-order chi connectivity index (χ0) is 15.5. The summed E-state index contributed by atoms with van der Waals surface area (Å²) in [5.74, 6) is 0.231. The van der Waals surface area contributed by atoms with Crippen LogP contribution in [0, 0.1) is 11.7 Å². The molecule has 1 aromatic carbocycles. The molecule has 3 nitrogen and oxygen atoms in total. The Labute approximate surface area is 135 Å². The number of carbonyl (C=O) groups excluding carboxylic acids is 1. The van der Waals surface area contributed by atoms with Crippen LogP contribution in [0.15, 0.2) is 18.2 Å². The third kappa shape index (κ3) is 3.37. The van der Waals surface area contributed by atoms with Gasteiger partial charge >= 0.3 is 6.03 Å². The molecule has 1 aliphatic heterocycles. The summed E-state index contributed by atoms with van der Waals surface area (Å²) in [5.41, 5.74) is 0.474.